The Hall–Kier alpha value is -3.31. The van der Waals surface area contributed by atoms with Crippen LogP contribution in [0, 0.1) is 0 Å². The first kappa shape index (κ1) is 20.0. The van der Waals surface area contributed by atoms with Crippen molar-refractivity contribution in [2.24, 2.45) is 5.73 Å². The van der Waals surface area contributed by atoms with Crippen LogP contribution in [-0.2, 0) is 24.4 Å². The topological polar surface area (TPSA) is 64.8 Å². The smallest absolute Gasteiger partial charge is 0.239 e. The molecule has 1 aliphatic rings. The van der Waals surface area contributed by atoms with E-state index in [0.29, 0.717) is 24.7 Å². The highest BCUT2D eigenvalue weighted by Gasteiger charge is 2.31. The number of amides is 1. The van der Waals surface area contributed by atoms with Crippen LogP contribution in [0.3, 0.4) is 0 Å². The van der Waals surface area contributed by atoms with E-state index in [2.05, 4.69) is 11.0 Å². The van der Waals surface area contributed by atoms with E-state index in [1.165, 1.54) is 5.56 Å². The summed E-state index contributed by atoms with van der Waals surface area (Å²) in [5, 5.41) is 0. The molecule has 5 nitrogen and oxygen atoms in total. The van der Waals surface area contributed by atoms with Crippen LogP contribution in [0.1, 0.15) is 28.3 Å². The third-order valence-corrected chi connectivity index (χ3v) is 5.50. The molecule has 0 radical (unpaired) electrons. The fourth-order valence-corrected chi connectivity index (χ4v) is 4.02. The summed E-state index contributed by atoms with van der Waals surface area (Å²) in [5.41, 5.74) is 10.1. The number of nitrogens with zero attached hydrogens (tertiary/aromatic N) is 1. The number of ether oxygens (including phenoxy) is 2. The zero-order chi connectivity index (χ0) is 20.9. The highest BCUT2D eigenvalue weighted by Crippen LogP contribution is 2.33. The highest BCUT2D eigenvalue weighted by molar-refractivity contribution is 5.82. The van der Waals surface area contributed by atoms with Gasteiger partial charge in [0.05, 0.1) is 7.11 Å². The summed E-state index contributed by atoms with van der Waals surface area (Å²) in [6.07, 6.45) is 0.898. The maximum atomic E-state index is 12.3. The number of rotatable bonds is 7. The van der Waals surface area contributed by atoms with Crippen LogP contribution in [0.4, 0.5) is 0 Å². The molecule has 154 valence electrons. The summed E-state index contributed by atoms with van der Waals surface area (Å²) >= 11 is 0. The quantitative estimate of drug-likeness (QED) is 0.652. The molecule has 0 spiro atoms. The van der Waals surface area contributed by atoms with E-state index in [0.717, 1.165) is 29.7 Å². The van der Waals surface area contributed by atoms with Crippen LogP contribution < -0.4 is 15.2 Å². The second-order valence-electron chi connectivity index (χ2n) is 7.48. The Labute approximate surface area is 177 Å². The Balaban J connectivity index is 1.51. The summed E-state index contributed by atoms with van der Waals surface area (Å²) in [5.74, 6) is 1.05. The van der Waals surface area contributed by atoms with Crippen LogP contribution in [0.15, 0.2) is 72.8 Å². The van der Waals surface area contributed by atoms with Gasteiger partial charge in [-0.15, -0.1) is 0 Å². The minimum absolute atomic E-state index is 0.322. The van der Waals surface area contributed by atoms with Gasteiger partial charge in [-0.25, -0.2) is 0 Å². The Morgan fingerprint density at radius 1 is 1.00 bits per heavy atom. The third-order valence-electron chi connectivity index (χ3n) is 5.50. The van der Waals surface area contributed by atoms with Gasteiger partial charge in [-0.05, 0) is 40.8 Å². The molecule has 3 aromatic rings. The first-order valence-electron chi connectivity index (χ1n) is 10.1. The van der Waals surface area contributed by atoms with Gasteiger partial charge in [-0.1, -0.05) is 60.7 Å². The molecule has 0 saturated carbocycles. The van der Waals surface area contributed by atoms with Crippen molar-refractivity contribution in [1.29, 1.82) is 0 Å². The van der Waals surface area contributed by atoms with Crippen molar-refractivity contribution in [3.05, 3.63) is 95.1 Å². The van der Waals surface area contributed by atoms with Crippen LogP contribution in [0.5, 0.6) is 11.5 Å². The molecule has 2 N–H and O–H groups in total. The van der Waals surface area contributed by atoms with Crippen LogP contribution >= 0.6 is 0 Å². The van der Waals surface area contributed by atoms with Gasteiger partial charge in [0, 0.05) is 13.1 Å². The van der Waals surface area contributed by atoms with E-state index in [1.807, 2.05) is 66.7 Å². The predicted molar refractivity (Wildman–Crippen MR) is 116 cm³/mol. The minimum atomic E-state index is -0.421. The summed E-state index contributed by atoms with van der Waals surface area (Å²) in [6.45, 7) is 1.86. The van der Waals surface area contributed by atoms with Crippen molar-refractivity contribution >= 4 is 5.91 Å². The summed E-state index contributed by atoms with van der Waals surface area (Å²) < 4.78 is 11.5. The van der Waals surface area contributed by atoms with E-state index in [9.17, 15) is 4.79 Å². The van der Waals surface area contributed by atoms with Crippen LogP contribution in [0.25, 0.3) is 0 Å². The SMILES string of the molecule is COc1cc(CN2CCc3ccccc3C2C(N)=O)ccc1OCc1ccccc1. The lowest BCUT2D eigenvalue weighted by molar-refractivity contribution is -0.124. The third kappa shape index (κ3) is 4.31. The molecular formula is C25H26N2O3. The maximum Gasteiger partial charge on any atom is 0.239 e. The van der Waals surface area contributed by atoms with Crippen molar-refractivity contribution in [1.82, 2.24) is 4.90 Å². The number of hydrogen-bond acceptors (Lipinski definition) is 4. The molecule has 0 fully saturated rings. The first-order valence-corrected chi connectivity index (χ1v) is 10.1. The fraction of sp³-hybridized carbons (Fsp3) is 0.240. The number of carbonyl (C=O) groups excluding carboxylic acids is 1. The van der Waals surface area contributed by atoms with E-state index in [1.54, 1.807) is 7.11 Å². The molecule has 0 bridgehead atoms. The zero-order valence-electron chi connectivity index (χ0n) is 17.1. The van der Waals surface area contributed by atoms with Gasteiger partial charge in [-0.2, -0.15) is 0 Å². The van der Waals surface area contributed by atoms with Crippen molar-refractivity contribution in [2.75, 3.05) is 13.7 Å². The van der Waals surface area contributed by atoms with Gasteiger partial charge >= 0.3 is 0 Å². The summed E-state index contributed by atoms with van der Waals surface area (Å²) in [4.78, 5) is 14.4. The molecule has 1 aliphatic heterocycles. The lowest BCUT2D eigenvalue weighted by Crippen LogP contribution is -2.42. The van der Waals surface area contributed by atoms with Gasteiger partial charge in [-0.3, -0.25) is 9.69 Å². The number of hydrogen-bond donors (Lipinski definition) is 1. The van der Waals surface area contributed by atoms with Gasteiger partial charge in [0.1, 0.15) is 12.6 Å². The van der Waals surface area contributed by atoms with Crippen molar-refractivity contribution < 1.29 is 14.3 Å². The molecule has 4 rings (SSSR count). The molecular weight excluding hydrogens is 376 g/mol. The molecule has 0 saturated heterocycles. The van der Waals surface area contributed by atoms with Gasteiger partial charge in [0.15, 0.2) is 11.5 Å². The predicted octanol–water partition coefficient (Wildman–Crippen LogP) is 3.86. The zero-order valence-corrected chi connectivity index (χ0v) is 17.1. The highest BCUT2D eigenvalue weighted by atomic mass is 16.5. The molecule has 1 atom stereocenters. The van der Waals surface area contributed by atoms with E-state index in [-0.39, 0.29) is 5.91 Å². The largest absolute Gasteiger partial charge is 0.493 e. The second kappa shape index (κ2) is 9.01. The van der Waals surface area contributed by atoms with Crippen LogP contribution in [-0.4, -0.2) is 24.5 Å². The van der Waals surface area contributed by atoms with Crippen molar-refractivity contribution in [3.63, 3.8) is 0 Å². The van der Waals surface area contributed by atoms with Crippen molar-refractivity contribution in [2.45, 2.75) is 25.6 Å². The van der Waals surface area contributed by atoms with Crippen molar-refractivity contribution in [3.8, 4) is 11.5 Å². The van der Waals surface area contributed by atoms with Gasteiger partial charge in [0.25, 0.3) is 0 Å². The van der Waals surface area contributed by atoms with Gasteiger partial charge < -0.3 is 15.2 Å². The van der Waals surface area contributed by atoms with Gasteiger partial charge in [0.2, 0.25) is 5.91 Å². The van der Waals surface area contributed by atoms with E-state index >= 15 is 0 Å². The first-order chi connectivity index (χ1) is 14.7. The Morgan fingerprint density at radius 2 is 1.77 bits per heavy atom. The fourth-order valence-electron chi connectivity index (χ4n) is 4.02. The number of primary amides is 1. The number of carbonyl (C=O) groups is 1. The van der Waals surface area contributed by atoms with E-state index in [4.69, 9.17) is 15.2 Å². The molecule has 3 aromatic carbocycles. The minimum Gasteiger partial charge on any atom is -0.493 e. The Bertz CT molecular complexity index is 1020. The van der Waals surface area contributed by atoms with Crippen LogP contribution in [0.2, 0.25) is 0 Å². The molecule has 30 heavy (non-hydrogen) atoms. The lowest BCUT2D eigenvalue weighted by Gasteiger charge is -2.35. The number of benzene rings is 3. The number of nitrogens with two attached hydrogens (primary N) is 1. The summed E-state index contributed by atoms with van der Waals surface area (Å²) in [7, 11) is 1.64. The Morgan fingerprint density at radius 3 is 2.53 bits per heavy atom. The number of methoxy groups -OCH3 is 1. The molecule has 1 amide bonds. The van der Waals surface area contributed by atoms with E-state index < -0.39 is 6.04 Å². The Kier molecular flexibility index (Phi) is 6.00. The average molecular weight is 402 g/mol. The molecule has 0 aliphatic carbocycles. The second-order valence-corrected chi connectivity index (χ2v) is 7.48. The average Bonchev–Trinajstić information content (AvgIpc) is 2.78. The summed E-state index contributed by atoms with van der Waals surface area (Å²) in [6, 6.07) is 23.5. The monoisotopic (exact) mass is 402 g/mol. The maximum absolute atomic E-state index is 12.3. The number of fused-ring (bicyclic) bond motifs is 1. The standard InChI is InChI=1S/C25H26N2O3/c1-29-23-15-19(11-12-22(23)30-17-18-7-3-2-4-8-18)16-27-14-13-20-9-5-6-10-21(20)24(27)25(26)28/h2-12,15,24H,13-14,16-17H2,1H3,(H2,26,28). The lowest BCUT2D eigenvalue weighted by atomic mass is 9.92. The molecule has 0 aromatic heterocycles. The molecule has 1 unspecified atom stereocenters. The molecule has 1 heterocycles. The normalized spacial score (nSPS) is 16.0. The molecule has 5 heteroatoms.